The highest BCUT2D eigenvalue weighted by Gasteiger charge is 2.00. The molecule has 0 aromatic carbocycles. The summed E-state index contributed by atoms with van der Waals surface area (Å²) in [4.78, 5) is 10.7. The minimum absolute atomic E-state index is 0. The Morgan fingerprint density at radius 1 is 1.33 bits per heavy atom. The lowest BCUT2D eigenvalue weighted by Crippen LogP contribution is -2.10. The van der Waals surface area contributed by atoms with Gasteiger partial charge in [-0.15, -0.1) is 24.8 Å². The van der Waals surface area contributed by atoms with Crippen LogP contribution < -0.4 is 11.3 Å². The van der Waals surface area contributed by atoms with E-state index in [1.807, 2.05) is 0 Å². The van der Waals surface area contributed by atoms with Gasteiger partial charge in [-0.3, -0.25) is 9.89 Å². The van der Waals surface area contributed by atoms with Crippen LogP contribution in [0.3, 0.4) is 0 Å². The van der Waals surface area contributed by atoms with E-state index in [9.17, 15) is 4.79 Å². The number of H-pyrrole nitrogens is 2. The van der Waals surface area contributed by atoms with E-state index in [2.05, 4.69) is 10.2 Å². The molecular weight excluding hydrogens is 205 g/mol. The van der Waals surface area contributed by atoms with Crippen LogP contribution in [0.2, 0.25) is 0 Å². The fraction of sp³-hybridized carbons (Fsp3) is 0.400. The Morgan fingerprint density at radius 3 is 2.00 bits per heavy atom. The first kappa shape index (κ1) is 17.6. The van der Waals surface area contributed by atoms with Crippen molar-refractivity contribution in [2.45, 2.75) is 13.5 Å². The molecule has 0 radical (unpaired) electrons. The first-order valence-electron chi connectivity index (χ1n) is 2.72. The minimum Gasteiger partial charge on any atom is -0.412 e. The predicted octanol–water partition coefficient (Wildman–Crippen LogP) is -0.511. The molecule has 0 bridgehead atoms. The number of nitrogens with one attached hydrogen (secondary N) is 2. The molecule has 74 valence electrons. The van der Waals surface area contributed by atoms with Gasteiger partial charge < -0.3 is 16.3 Å². The van der Waals surface area contributed by atoms with Crippen LogP contribution in [0.4, 0.5) is 0 Å². The number of rotatable bonds is 1. The van der Waals surface area contributed by atoms with E-state index in [1.54, 1.807) is 6.92 Å². The van der Waals surface area contributed by atoms with Gasteiger partial charge in [0.05, 0.1) is 5.56 Å². The largest absolute Gasteiger partial charge is 0.412 e. The second kappa shape index (κ2) is 7.17. The van der Waals surface area contributed by atoms with Crippen LogP contribution in [-0.4, -0.2) is 15.7 Å². The summed E-state index contributed by atoms with van der Waals surface area (Å²) < 4.78 is 0. The molecule has 5 nitrogen and oxygen atoms in total. The van der Waals surface area contributed by atoms with Crippen molar-refractivity contribution in [1.82, 2.24) is 10.2 Å². The molecule has 1 aromatic rings. The predicted molar refractivity (Wildman–Crippen MR) is 52.2 cm³/mol. The zero-order valence-electron chi connectivity index (χ0n) is 6.51. The van der Waals surface area contributed by atoms with Crippen LogP contribution >= 0.6 is 24.8 Å². The van der Waals surface area contributed by atoms with Crippen molar-refractivity contribution in [1.29, 1.82) is 0 Å². The molecule has 0 saturated heterocycles. The molecule has 0 aliphatic carbocycles. The molecule has 0 aliphatic rings. The Hall–Kier alpha value is -0.490. The standard InChI is InChI=1S/C5H9N3O.2ClH.H2O/c1-3-4(2-6)5(9)8-7-3;;;/h2,6H2,1H3,(H2,7,8,9);2*1H;1H2. The lowest BCUT2D eigenvalue weighted by molar-refractivity contribution is 0.824. The third-order valence-electron chi connectivity index (χ3n) is 1.29. The van der Waals surface area contributed by atoms with E-state index in [1.165, 1.54) is 0 Å². The Morgan fingerprint density at radius 2 is 1.83 bits per heavy atom. The van der Waals surface area contributed by atoms with Gasteiger partial charge in [-0.25, -0.2) is 0 Å². The van der Waals surface area contributed by atoms with E-state index < -0.39 is 0 Å². The maximum absolute atomic E-state index is 10.7. The van der Waals surface area contributed by atoms with Crippen molar-refractivity contribution < 1.29 is 5.48 Å². The summed E-state index contributed by atoms with van der Waals surface area (Å²) in [5.41, 5.74) is 6.60. The van der Waals surface area contributed by atoms with Gasteiger partial charge in [0.15, 0.2) is 0 Å². The molecule has 0 atom stereocenters. The van der Waals surface area contributed by atoms with Gasteiger partial charge in [0.1, 0.15) is 0 Å². The van der Waals surface area contributed by atoms with Crippen molar-refractivity contribution >= 4 is 24.8 Å². The van der Waals surface area contributed by atoms with Crippen LogP contribution in [0.15, 0.2) is 4.79 Å². The van der Waals surface area contributed by atoms with Crippen molar-refractivity contribution in [3.63, 3.8) is 0 Å². The fourth-order valence-electron chi connectivity index (χ4n) is 0.717. The summed E-state index contributed by atoms with van der Waals surface area (Å²) in [7, 11) is 0. The summed E-state index contributed by atoms with van der Waals surface area (Å²) in [6.45, 7) is 2.10. The second-order valence-electron chi connectivity index (χ2n) is 1.89. The van der Waals surface area contributed by atoms with Gasteiger partial charge in [0, 0.05) is 12.2 Å². The van der Waals surface area contributed by atoms with Crippen LogP contribution in [0.5, 0.6) is 0 Å². The molecule has 0 amide bonds. The average Bonchev–Trinajstić information content (AvgIpc) is 2.12. The Bertz CT molecular complexity index is 257. The van der Waals surface area contributed by atoms with Crippen molar-refractivity contribution in [2.75, 3.05) is 0 Å². The van der Waals surface area contributed by atoms with E-state index in [4.69, 9.17) is 5.73 Å². The van der Waals surface area contributed by atoms with E-state index >= 15 is 0 Å². The number of halogens is 2. The number of nitrogens with two attached hydrogens (primary N) is 1. The molecule has 0 fully saturated rings. The van der Waals surface area contributed by atoms with Crippen molar-refractivity contribution in [2.24, 2.45) is 5.73 Å². The number of hydrogen-bond donors (Lipinski definition) is 3. The zero-order valence-corrected chi connectivity index (χ0v) is 8.14. The lowest BCUT2D eigenvalue weighted by atomic mass is 10.3. The fourth-order valence-corrected chi connectivity index (χ4v) is 0.717. The maximum Gasteiger partial charge on any atom is 0.268 e. The molecule has 0 aliphatic heterocycles. The summed E-state index contributed by atoms with van der Waals surface area (Å²) in [6.07, 6.45) is 0. The first-order chi connectivity index (χ1) is 4.25. The SMILES string of the molecule is Cc1[nH][nH]c(=O)c1CN.Cl.Cl.O. The Balaban J connectivity index is -0.000000270. The highest BCUT2D eigenvalue weighted by Crippen LogP contribution is 1.92. The van der Waals surface area contributed by atoms with E-state index in [0.29, 0.717) is 12.1 Å². The monoisotopic (exact) mass is 217 g/mol. The van der Waals surface area contributed by atoms with Gasteiger partial charge in [-0.05, 0) is 6.92 Å². The molecule has 0 unspecified atom stereocenters. The number of hydrogen-bond acceptors (Lipinski definition) is 2. The highest BCUT2D eigenvalue weighted by atomic mass is 35.5. The lowest BCUT2D eigenvalue weighted by Gasteiger charge is -1.85. The molecule has 6 N–H and O–H groups in total. The van der Waals surface area contributed by atoms with Crippen LogP contribution in [-0.2, 0) is 6.54 Å². The quantitative estimate of drug-likeness (QED) is 0.590. The van der Waals surface area contributed by atoms with Gasteiger partial charge >= 0.3 is 0 Å². The Kier molecular flexibility index (Phi) is 10.5. The molecule has 1 aromatic heterocycles. The summed E-state index contributed by atoms with van der Waals surface area (Å²) in [5.74, 6) is 0. The van der Waals surface area contributed by atoms with Crippen LogP contribution in [0, 0.1) is 6.92 Å². The number of aromatic nitrogens is 2. The smallest absolute Gasteiger partial charge is 0.268 e. The van der Waals surface area contributed by atoms with Crippen molar-refractivity contribution in [3.8, 4) is 0 Å². The van der Waals surface area contributed by atoms with E-state index in [0.717, 1.165) is 5.69 Å². The van der Waals surface area contributed by atoms with Gasteiger partial charge in [-0.2, -0.15) is 0 Å². The van der Waals surface area contributed by atoms with Gasteiger partial charge in [0.2, 0.25) is 0 Å². The van der Waals surface area contributed by atoms with E-state index in [-0.39, 0.29) is 35.8 Å². The van der Waals surface area contributed by atoms with Crippen LogP contribution in [0.25, 0.3) is 0 Å². The molecule has 12 heavy (non-hydrogen) atoms. The minimum atomic E-state index is -0.116. The normalized spacial score (nSPS) is 7.50. The summed E-state index contributed by atoms with van der Waals surface area (Å²) in [6, 6.07) is 0. The second-order valence-corrected chi connectivity index (χ2v) is 1.89. The topological polar surface area (TPSA) is 106 Å². The third-order valence-corrected chi connectivity index (χ3v) is 1.29. The summed E-state index contributed by atoms with van der Waals surface area (Å²) in [5, 5.41) is 5.10. The molecule has 1 heterocycles. The number of aryl methyl sites for hydroxylation is 1. The van der Waals surface area contributed by atoms with Gasteiger partial charge in [0.25, 0.3) is 5.56 Å². The molecular formula is C5H13Cl2N3O2. The molecule has 1 rings (SSSR count). The Labute approximate surface area is 81.8 Å². The molecule has 0 saturated carbocycles. The highest BCUT2D eigenvalue weighted by molar-refractivity contribution is 5.85. The zero-order chi connectivity index (χ0) is 6.85. The van der Waals surface area contributed by atoms with Gasteiger partial charge in [-0.1, -0.05) is 0 Å². The van der Waals surface area contributed by atoms with Crippen molar-refractivity contribution in [3.05, 3.63) is 21.6 Å². The molecule has 7 heteroatoms. The first-order valence-corrected chi connectivity index (χ1v) is 2.72. The van der Waals surface area contributed by atoms with Crippen LogP contribution in [0.1, 0.15) is 11.3 Å². The molecule has 0 spiro atoms. The third kappa shape index (κ3) is 3.27. The number of aromatic amines is 2. The maximum atomic E-state index is 10.7. The average molecular weight is 218 g/mol. The summed E-state index contributed by atoms with van der Waals surface area (Å²) >= 11 is 0.